The zero-order chi connectivity index (χ0) is 20.1. The fraction of sp³-hybridized carbons (Fsp3) is 0.100. The molecule has 0 aromatic heterocycles. The number of hydrogen-bond acceptors (Lipinski definition) is 5. The first-order valence-corrected chi connectivity index (χ1v) is 10.1. The smallest absolute Gasteiger partial charge is 0.265 e. The summed E-state index contributed by atoms with van der Waals surface area (Å²) in [4.78, 5) is -0.0695. The van der Waals surface area contributed by atoms with Gasteiger partial charge in [0, 0.05) is 11.1 Å². The van der Waals surface area contributed by atoms with Crippen LogP contribution in [-0.2, 0) is 10.0 Å². The van der Waals surface area contributed by atoms with Crippen molar-refractivity contribution in [1.82, 2.24) is 0 Å². The highest BCUT2D eigenvalue weighted by Crippen LogP contribution is 2.35. The van der Waals surface area contributed by atoms with E-state index in [0.717, 1.165) is 0 Å². The lowest BCUT2D eigenvalue weighted by Crippen LogP contribution is -2.15. The number of rotatable bonds is 7. The van der Waals surface area contributed by atoms with Gasteiger partial charge in [-0.15, -0.1) is 0 Å². The molecule has 3 rings (SSSR count). The number of sulfonamides is 1. The van der Waals surface area contributed by atoms with E-state index >= 15 is 0 Å². The molecule has 0 aliphatic heterocycles. The lowest BCUT2D eigenvalue weighted by atomic mass is 10.3. The molecule has 6 nitrogen and oxygen atoms in total. The summed E-state index contributed by atoms with van der Waals surface area (Å²) in [7, 11) is -1.17. The van der Waals surface area contributed by atoms with Crippen LogP contribution in [0.25, 0.3) is 0 Å². The number of methoxy groups -OCH3 is 2. The first-order chi connectivity index (χ1) is 13.4. The summed E-state index contributed by atoms with van der Waals surface area (Å²) >= 11 is 6.07. The molecule has 3 aromatic carbocycles. The minimum absolute atomic E-state index is 0.0695. The monoisotopic (exact) mass is 419 g/mol. The maximum Gasteiger partial charge on any atom is 0.265 e. The average Bonchev–Trinajstić information content (AvgIpc) is 2.70. The van der Waals surface area contributed by atoms with Gasteiger partial charge in [-0.05, 0) is 42.5 Å². The Morgan fingerprint density at radius 1 is 0.821 bits per heavy atom. The maximum atomic E-state index is 13.0. The molecule has 0 bridgehead atoms. The second-order valence-corrected chi connectivity index (χ2v) is 7.77. The number of anilines is 1. The molecular formula is C20H18ClNO5S. The van der Waals surface area contributed by atoms with Crippen LogP contribution in [0.3, 0.4) is 0 Å². The normalized spacial score (nSPS) is 11.0. The van der Waals surface area contributed by atoms with E-state index in [1.165, 1.54) is 32.4 Å². The number of nitrogens with one attached hydrogen (secondary N) is 1. The Hall–Kier alpha value is -2.90. The molecule has 0 spiro atoms. The number of ether oxygens (including phenoxy) is 3. The second-order valence-electron chi connectivity index (χ2n) is 5.68. The summed E-state index contributed by atoms with van der Waals surface area (Å²) in [5.41, 5.74) is 0.196. The number of halogens is 1. The van der Waals surface area contributed by atoms with Crippen LogP contribution in [0, 0.1) is 0 Å². The van der Waals surface area contributed by atoms with Gasteiger partial charge in [0.05, 0.1) is 19.9 Å². The van der Waals surface area contributed by atoms with Crippen LogP contribution in [0.1, 0.15) is 0 Å². The summed E-state index contributed by atoms with van der Waals surface area (Å²) in [5.74, 6) is 1.43. The summed E-state index contributed by atoms with van der Waals surface area (Å²) in [6.45, 7) is 0. The van der Waals surface area contributed by atoms with E-state index in [1.54, 1.807) is 30.3 Å². The fourth-order valence-corrected chi connectivity index (χ4v) is 3.90. The standard InChI is InChI=1S/C20H18ClNO5S/c1-25-16-9-11-19(26-2)20(13-16)28(23,24)22-17-12-14(21)8-10-18(17)27-15-6-4-3-5-7-15/h3-13,22H,1-2H3. The predicted molar refractivity (Wildman–Crippen MR) is 108 cm³/mol. The van der Waals surface area contributed by atoms with Gasteiger partial charge in [0.1, 0.15) is 22.1 Å². The molecule has 0 aliphatic rings. The quantitative estimate of drug-likeness (QED) is 0.586. The topological polar surface area (TPSA) is 73.9 Å². The van der Waals surface area contributed by atoms with Gasteiger partial charge in [0.15, 0.2) is 5.75 Å². The third-order valence-corrected chi connectivity index (χ3v) is 5.44. The van der Waals surface area contributed by atoms with Crippen LogP contribution < -0.4 is 18.9 Å². The Balaban J connectivity index is 2.00. The van der Waals surface area contributed by atoms with Crippen molar-refractivity contribution in [2.75, 3.05) is 18.9 Å². The molecule has 0 amide bonds. The Labute approximate surface area is 168 Å². The third kappa shape index (κ3) is 4.49. The Morgan fingerprint density at radius 3 is 2.21 bits per heavy atom. The van der Waals surface area contributed by atoms with Gasteiger partial charge in [0.2, 0.25) is 0 Å². The summed E-state index contributed by atoms with van der Waals surface area (Å²) in [6, 6.07) is 18.2. The van der Waals surface area contributed by atoms with Gasteiger partial charge in [-0.1, -0.05) is 29.8 Å². The molecule has 0 atom stereocenters. The van der Waals surface area contributed by atoms with Gasteiger partial charge < -0.3 is 14.2 Å². The third-order valence-electron chi connectivity index (χ3n) is 3.82. The van der Waals surface area contributed by atoms with Gasteiger partial charge >= 0.3 is 0 Å². The van der Waals surface area contributed by atoms with E-state index in [-0.39, 0.29) is 16.3 Å². The highest BCUT2D eigenvalue weighted by Gasteiger charge is 2.22. The van der Waals surface area contributed by atoms with Gasteiger partial charge in [-0.2, -0.15) is 0 Å². The molecule has 0 saturated heterocycles. The second kappa shape index (κ2) is 8.41. The number of hydrogen-bond donors (Lipinski definition) is 1. The number of para-hydroxylation sites is 1. The SMILES string of the molecule is COc1ccc(OC)c(S(=O)(=O)Nc2cc(Cl)ccc2Oc2ccccc2)c1. The van der Waals surface area contributed by atoms with Crippen molar-refractivity contribution in [3.63, 3.8) is 0 Å². The fourth-order valence-electron chi connectivity index (χ4n) is 2.48. The highest BCUT2D eigenvalue weighted by atomic mass is 35.5. The van der Waals surface area contributed by atoms with Gasteiger partial charge in [-0.25, -0.2) is 8.42 Å². The van der Waals surface area contributed by atoms with Crippen molar-refractivity contribution >= 4 is 27.3 Å². The minimum Gasteiger partial charge on any atom is -0.497 e. The molecule has 0 heterocycles. The number of benzene rings is 3. The molecule has 0 fully saturated rings. The molecule has 0 aliphatic carbocycles. The Morgan fingerprint density at radius 2 is 1.54 bits per heavy atom. The zero-order valence-corrected chi connectivity index (χ0v) is 16.8. The van der Waals surface area contributed by atoms with Crippen LogP contribution in [-0.4, -0.2) is 22.6 Å². The molecule has 8 heteroatoms. The molecule has 0 unspecified atom stereocenters. The van der Waals surface area contributed by atoms with Gasteiger partial charge in [0.25, 0.3) is 10.0 Å². The van der Waals surface area contributed by atoms with E-state index < -0.39 is 10.0 Å². The van der Waals surface area contributed by atoms with E-state index in [9.17, 15) is 8.42 Å². The molecule has 28 heavy (non-hydrogen) atoms. The molecule has 146 valence electrons. The first-order valence-electron chi connectivity index (χ1n) is 8.20. The van der Waals surface area contributed by atoms with E-state index in [4.69, 9.17) is 25.8 Å². The van der Waals surface area contributed by atoms with E-state index in [1.807, 2.05) is 18.2 Å². The average molecular weight is 420 g/mol. The summed E-state index contributed by atoms with van der Waals surface area (Å²) in [5, 5.41) is 0.357. The Kier molecular flexibility index (Phi) is 5.96. The van der Waals surface area contributed by atoms with Crippen LogP contribution in [0.15, 0.2) is 71.6 Å². The first kappa shape index (κ1) is 19.9. The molecule has 1 N–H and O–H groups in total. The van der Waals surface area contributed by atoms with Crippen LogP contribution in [0.4, 0.5) is 5.69 Å². The van der Waals surface area contributed by atoms with Crippen LogP contribution >= 0.6 is 11.6 Å². The summed E-state index contributed by atoms with van der Waals surface area (Å²) < 4.78 is 44.7. The van der Waals surface area contributed by atoms with Crippen molar-refractivity contribution in [3.05, 3.63) is 71.8 Å². The van der Waals surface area contributed by atoms with Crippen molar-refractivity contribution in [2.24, 2.45) is 0 Å². The summed E-state index contributed by atoms with van der Waals surface area (Å²) in [6.07, 6.45) is 0. The van der Waals surface area contributed by atoms with Crippen LogP contribution in [0.2, 0.25) is 5.02 Å². The van der Waals surface area contributed by atoms with Crippen molar-refractivity contribution in [3.8, 4) is 23.0 Å². The highest BCUT2D eigenvalue weighted by molar-refractivity contribution is 7.92. The van der Waals surface area contributed by atoms with Gasteiger partial charge in [-0.3, -0.25) is 4.72 Å². The maximum absolute atomic E-state index is 13.0. The minimum atomic E-state index is -4.01. The lowest BCUT2D eigenvalue weighted by Gasteiger charge is -2.16. The molecule has 0 saturated carbocycles. The molecule has 3 aromatic rings. The Bertz CT molecular complexity index is 1070. The lowest BCUT2D eigenvalue weighted by molar-refractivity contribution is 0.392. The van der Waals surface area contributed by atoms with Crippen molar-refractivity contribution < 1.29 is 22.6 Å². The van der Waals surface area contributed by atoms with E-state index in [2.05, 4.69) is 4.72 Å². The predicted octanol–water partition coefficient (Wildman–Crippen LogP) is 4.95. The molecule has 0 radical (unpaired) electrons. The molecular weight excluding hydrogens is 402 g/mol. The van der Waals surface area contributed by atoms with E-state index in [0.29, 0.717) is 22.3 Å². The zero-order valence-electron chi connectivity index (χ0n) is 15.2. The largest absolute Gasteiger partial charge is 0.497 e. The van der Waals surface area contributed by atoms with Crippen molar-refractivity contribution in [2.45, 2.75) is 4.90 Å². The van der Waals surface area contributed by atoms with Crippen LogP contribution in [0.5, 0.6) is 23.0 Å². The van der Waals surface area contributed by atoms with Crippen molar-refractivity contribution in [1.29, 1.82) is 0 Å².